The number of fused-ring (bicyclic) bond motifs is 1. The summed E-state index contributed by atoms with van der Waals surface area (Å²) in [5.41, 5.74) is 5.12. The van der Waals surface area contributed by atoms with E-state index in [2.05, 4.69) is 54.3 Å². The molecule has 2 aromatic carbocycles. The molecule has 1 unspecified atom stereocenters. The maximum absolute atomic E-state index is 11.6. The Hall–Kier alpha value is -1.93. The van der Waals surface area contributed by atoms with Crippen molar-refractivity contribution in [1.29, 1.82) is 0 Å². The second-order valence-electron chi connectivity index (χ2n) is 5.67. The number of carbonyl (C=O) groups is 1. The maximum Gasteiger partial charge on any atom is 0.141 e. The quantitative estimate of drug-likeness (QED) is 0.798. The summed E-state index contributed by atoms with van der Waals surface area (Å²) in [7, 11) is 0. The van der Waals surface area contributed by atoms with E-state index in [1.165, 1.54) is 22.3 Å². The van der Waals surface area contributed by atoms with Gasteiger partial charge in [-0.1, -0.05) is 55.5 Å². The number of nitrogens with zero attached hydrogens (tertiary/aromatic N) is 1. The molecule has 0 amide bonds. The molecule has 1 aliphatic heterocycles. The fraction of sp³-hybridized carbons (Fsp3) is 0.316. The third-order valence-corrected chi connectivity index (χ3v) is 4.38. The predicted octanol–water partition coefficient (Wildman–Crippen LogP) is 3.55. The minimum Gasteiger partial charge on any atom is -0.301 e. The first-order valence-corrected chi connectivity index (χ1v) is 7.66. The van der Waals surface area contributed by atoms with Crippen LogP contribution in [0.5, 0.6) is 0 Å². The van der Waals surface area contributed by atoms with Gasteiger partial charge in [0.1, 0.15) is 6.29 Å². The van der Waals surface area contributed by atoms with Crippen molar-refractivity contribution in [2.24, 2.45) is 0 Å². The summed E-state index contributed by atoms with van der Waals surface area (Å²) >= 11 is 0. The maximum atomic E-state index is 11.6. The van der Waals surface area contributed by atoms with Gasteiger partial charge in [-0.25, -0.2) is 0 Å². The first-order chi connectivity index (χ1) is 10.3. The molecule has 0 radical (unpaired) electrons. The molecular formula is C19H21NO. The number of rotatable bonds is 4. The number of aryl methyl sites for hydroxylation is 1. The number of hydrogen-bond donors (Lipinski definition) is 0. The van der Waals surface area contributed by atoms with Gasteiger partial charge in [-0.15, -0.1) is 0 Å². The Morgan fingerprint density at radius 3 is 2.52 bits per heavy atom. The van der Waals surface area contributed by atoms with Gasteiger partial charge in [-0.05, 0) is 35.1 Å². The summed E-state index contributed by atoms with van der Waals surface area (Å²) < 4.78 is 0. The van der Waals surface area contributed by atoms with E-state index < -0.39 is 0 Å². The van der Waals surface area contributed by atoms with Crippen LogP contribution in [0, 0.1) is 0 Å². The molecule has 0 aliphatic carbocycles. The molecule has 0 spiro atoms. The highest BCUT2D eigenvalue weighted by atomic mass is 16.1. The first kappa shape index (κ1) is 14.0. The van der Waals surface area contributed by atoms with Crippen molar-refractivity contribution in [3.63, 3.8) is 0 Å². The fourth-order valence-corrected chi connectivity index (χ4v) is 3.10. The zero-order valence-corrected chi connectivity index (χ0v) is 12.5. The van der Waals surface area contributed by atoms with Crippen molar-refractivity contribution in [2.45, 2.75) is 32.4 Å². The van der Waals surface area contributed by atoms with E-state index in [1.54, 1.807) is 0 Å². The Labute approximate surface area is 126 Å². The summed E-state index contributed by atoms with van der Waals surface area (Å²) in [6, 6.07) is 16.9. The average Bonchev–Trinajstić information content (AvgIpc) is 2.55. The van der Waals surface area contributed by atoms with Crippen molar-refractivity contribution in [3.8, 4) is 0 Å². The van der Waals surface area contributed by atoms with Gasteiger partial charge < -0.3 is 4.79 Å². The molecule has 0 aromatic heterocycles. The van der Waals surface area contributed by atoms with Crippen LogP contribution in [0.15, 0.2) is 48.5 Å². The van der Waals surface area contributed by atoms with E-state index >= 15 is 0 Å². The SMILES string of the molecule is CCc1ccc(CN2CCc3ccccc3C2C=O)cc1. The third-order valence-electron chi connectivity index (χ3n) is 4.38. The number of benzene rings is 2. The molecule has 1 heterocycles. The summed E-state index contributed by atoms with van der Waals surface area (Å²) in [4.78, 5) is 13.9. The van der Waals surface area contributed by atoms with Crippen molar-refractivity contribution in [1.82, 2.24) is 4.90 Å². The molecule has 2 aromatic rings. The molecule has 1 atom stereocenters. The molecule has 0 fully saturated rings. The molecule has 0 saturated carbocycles. The van der Waals surface area contributed by atoms with Crippen molar-refractivity contribution in [3.05, 3.63) is 70.8 Å². The lowest BCUT2D eigenvalue weighted by atomic mass is 9.93. The molecule has 3 rings (SSSR count). The fourth-order valence-electron chi connectivity index (χ4n) is 3.10. The Kier molecular flexibility index (Phi) is 4.16. The second kappa shape index (κ2) is 6.23. The summed E-state index contributed by atoms with van der Waals surface area (Å²) in [5.74, 6) is 0. The van der Waals surface area contributed by atoms with Crippen LogP contribution >= 0.6 is 0 Å². The van der Waals surface area contributed by atoms with Crippen LogP contribution in [0.3, 0.4) is 0 Å². The van der Waals surface area contributed by atoms with E-state index in [1.807, 2.05) is 6.07 Å². The monoisotopic (exact) mass is 279 g/mol. The lowest BCUT2D eigenvalue weighted by Crippen LogP contribution is -2.35. The lowest BCUT2D eigenvalue weighted by molar-refractivity contribution is -0.113. The van der Waals surface area contributed by atoms with Crippen LogP contribution in [0.25, 0.3) is 0 Å². The Balaban J connectivity index is 1.80. The summed E-state index contributed by atoms with van der Waals surface area (Å²) in [6.45, 7) is 3.94. The Bertz CT molecular complexity index is 618. The smallest absolute Gasteiger partial charge is 0.141 e. The highest BCUT2D eigenvalue weighted by Gasteiger charge is 2.26. The highest BCUT2D eigenvalue weighted by Crippen LogP contribution is 2.29. The highest BCUT2D eigenvalue weighted by molar-refractivity contribution is 5.63. The summed E-state index contributed by atoms with van der Waals surface area (Å²) in [6.07, 6.45) is 3.17. The van der Waals surface area contributed by atoms with E-state index in [0.29, 0.717) is 0 Å². The van der Waals surface area contributed by atoms with Crippen LogP contribution in [0.2, 0.25) is 0 Å². The standard InChI is InChI=1S/C19H21NO/c1-2-15-7-9-16(10-8-15)13-20-12-11-17-5-3-4-6-18(17)19(20)14-21/h3-10,14,19H,2,11-13H2,1H3. The van der Waals surface area contributed by atoms with Crippen molar-refractivity contribution >= 4 is 6.29 Å². The Morgan fingerprint density at radius 2 is 1.81 bits per heavy atom. The molecule has 2 nitrogen and oxygen atoms in total. The van der Waals surface area contributed by atoms with Crippen LogP contribution in [-0.4, -0.2) is 17.7 Å². The van der Waals surface area contributed by atoms with Crippen molar-refractivity contribution in [2.75, 3.05) is 6.54 Å². The topological polar surface area (TPSA) is 20.3 Å². The van der Waals surface area contributed by atoms with E-state index in [0.717, 1.165) is 32.2 Å². The van der Waals surface area contributed by atoms with Crippen LogP contribution in [-0.2, 0) is 24.2 Å². The van der Waals surface area contributed by atoms with Crippen LogP contribution in [0.4, 0.5) is 0 Å². The normalized spacial score (nSPS) is 18.2. The van der Waals surface area contributed by atoms with Gasteiger partial charge in [0, 0.05) is 13.1 Å². The third kappa shape index (κ3) is 2.91. The van der Waals surface area contributed by atoms with E-state index in [9.17, 15) is 4.79 Å². The second-order valence-corrected chi connectivity index (χ2v) is 5.67. The molecule has 0 saturated heterocycles. The van der Waals surface area contributed by atoms with Crippen LogP contribution < -0.4 is 0 Å². The minimum absolute atomic E-state index is 0.110. The molecule has 0 N–H and O–H groups in total. The van der Waals surface area contributed by atoms with Crippen LogP contribution in [0.1, 0.15) is 35.2 Å². The largest absolute Gasteiger partial charge is 0.301 e. The van der Waals surface area contributed by atoms with Gasteiger partial charge in [0.05, 0.1) is 6.04 Å². The zero-order valence-electron chi connectivity index (χ0n) is 12.5. The van der Waals surface area contributed by atoms with Gasteiger partial charge in [0.25, 0.3) is 0 Å². The predicted molar refractivity (Wildman–Crippen MR) is 85.2 cm³/mol. The molecule has 1 aliphatic rings. The minimum atomic E-state index is -0.110. The molecular weight excluding hydrogens is 258 g/mol. The van der Waals surface area contributed by atoms with Gasteiger partial charge in [-0.3, -0.25) is 4.90 Å². The Morgan fingerprint density at radius 1 is 1.10 bits per heavy atom. The number of hydrogen-bond acceptors (Lipinski definition) is 2. The first-order valence-electron chi connectivity index (χ1n) is 7.66. The molecule has 2 heteroatoms. The van der Waals surface area contributed by atoms with Gasteiger partial charge in [0.2, 0.25) is 0 Å². The van der Waals surface area contributed by atoms with E-state index in [-0.39, 0.29) is 6.04 Å². The van der Waals surface area contributed by atoms with Gasteiger partial charge in [-0.2, -0.15) is 0 Å². The van der Waals surface area contributed by atoms with Gasteiger partial charge in [0.15, 0.2) is 0 Å². The van der Waals surface area contributed by atoms with Gasteiger partial charge >= 0.3 is 0 Å². The lowest BCUT2D eigenvalue weighted by Gasteiger charge is -2.34. The summed E-state index contributed by atoms with van der Waals surface area (Å²) in [5, 5.41) is 0. The molecule has 0 bridgehead atoms. The zero-order chi connectivity index (χ0) is 14.7. The van der Waals surface area contributed by atoms with Crippen molar-refractivity contribution < 1.29 is 4.79 Å². The number of carbonyl (C=O) groups excluding carboxylic acids is 1. The molecule has 108 valence electrons. The molecule has 21 heavy (non-hydrogen) atoms. The van der Waals surface area contributed by atoms with E-state index in [4.69, 9.17) is 0 Å². The number of aldehydes is 1. The average molecular weight is 279 g/mol.